The van der Waals surface area contributed by atoms with Gasteiger partial charge in [0.15, 0.2) is 0 Å². The first-order valence-corrected chi connectivity index (χ1v) is 9.48. The lowest BCUT2D eigenvalue weighted by molar-refractivity contribution is -0.133. The van der Waals surface area contributed by atoms with Gasteiger partial charge in [-0.25, -0.2) is 4.98 Å². The van der Waals surface area contributed by atoms with E-state index in [0.717, 1.165) is 24.0 Å². The summed E-state index contributed by atoms with van der Waals surface area (Å²) < 4.78 is 7.94. The third-order valence-corrected chi connectivity index (χ3v) is 7.21. The Hall–Kier alpha value is -1.40. The lowest BCUT2D eigenvalue weighted by Crippen LogP contribution is -2.42. The Balaban J connectivity index is 2.01. The molecule has 2 heterocycles. The molecule has 24 heavy (non-hydrogen) atoms. The molecule has 0 aromatic carbocycles. The molecule has 3 atom stereocenters. The van der Waals surface area contributed by atoms with Crippen molar-refractivity contribution in [3.63, 3.8) is 0 Å². The molecule has 0 radical (unpaired) electrons. The van der Waals surface area contributed by atoms with E-state index in [-0.39, 0.29) is 5.25 Å². The van der Waals surface area contributed by atoms with Crippen LogP contribution in [0.4, 0.5) is 0 Å². The normalized spacial score (nSPS) is 25.6. The molecule has 0 N–H and O–H groups in total. The maximum atomic E-state index is 12.9. The third-order valence-electron chi connectivity index (χ3n) is 5.32. The van der Waals surface area contributed by atoms with E-state index in [0.29, 0.717) is 22.4 Å². The molecule has 0 unspecified atom stereocenters. The smallest absolute Gasteiger partial charge is 0.146 e. The van der Waals surface area contributed by atoms with Crippen LogP contribution in [0.5, 0.6) is 0 Å². The number of imidazole rings is 1. The van der Waals surface area contributed by atoms with Crippen LogP contribution in [0.15, 0.2) is 35.7 Å². The van der Waals surface area contributed by atoms with E-state index in [1.165, 1.54) is 0 Å². The molecular weight excluding hydrogens is 340 g/mol. The molecule has 0 spiro atoms. The molecule has 0 saturated heterocycles. The minimum absolute atomic E-state index is 0.0612. The second-order valence-electron chi connectivity index (χ2n) is 6.74. The van der Waals surface area contributed by atoms with Crippen LogP contribution in [0.3, 0.4) is 0 Å². The van der Waals surface area contributed by atoms with E-state index in [2.05, 4.69) is 18.8 Å². The van der Waals surface area contributed by atoms with Crippen LogP contribution in [0.25, 0.3) is 0 Å². The average Bonchev–Trinajstić information content (AvgIpc) is 3.21. The van der Waals surface area contributed by atoms with Gasteiger partial charge in [0.25, 0.3) is 0 Å². The lowest BCUT2D eigenvalue weighted by Gasteiger charge is -2.43. The molecule has 0 amide bonds. The molecule has 3 rings (SSSR count). The van der Waals surface area contributed by atoms with Crippen molar-refractivity contribution in [3.05, 3.63) is 42.4 Å². The van der Waals surface area contributed by atoms with Crippen LogP contribution < -0.4 is 0 Å². The van der Waals surface area contributed by atoms with E-state index in [1.54, 1.807) is 36.8 Å². The van der Waals surface area contributed by atoms with Crippen LogP contribution in [-0.2, 0) is 4.79 Å². The number of carbonyl (C=O) groups is 1. The maximum Gasteiger partial charge on any atom is 0.146 e. The number of aromatic nitrogens is 2. The Morgan fingerprint density at radius 1 is 1.54 bits per heavy atom. The van der Waals surface area contributed by atoms with Gasteiger partial charge in [-0.1, -0.05) is 37.8 Å². The fraction of sp³-hybridized carbons (Fsp3) is 0.500. The molecule has 128 valence electrons. The van der Waals surface area contributed by atoms with Crippen LogP contribution in [0.1, 0.15) is 49.5 Å². The Bertz CT molecular complexity index is 738. The Labute approximate surface area is 152 Å². The SMILES string of the molecule is Cc1cocc1[C@H](SC(=S)n1ccnc1)[C@@]1(C)C(=O)CCC[C@@H]1C. The lowest BCUT2D eigenvalue weighted by atomic mass is 9.64. The Kier molecular flexibility index (Phi) is 4.97. The molecule has 1 aliphatic rings. The second kappa shape index (κ2) is 6.84. The van der Waals surface area contributed by atoms with E-state index < -0.39 is 5.41 Å². The Morgan fingerprint density at radius 3 is 2.92 bits per heavy atom. The predicted molar refractivity (Wildman–Crippen MR) is 100 cm³/mol. The number of ketones is 1. The van der Waals surface area contributed by atoms with Gasteiger partial charge in [-0.15, -0.1) is 0 Å². The van der Waals surface area contributed by atoms with E-state index >= 15 is 0 Å². The van der Waals surface area contributed by atoms with Gasteiger partial charge < -0.3 is 4.42 Å². The van der Waals surface area contributed by atoms with Crippen molar-refractivity contribution < 1.29 is 9.21 Å². The van der Waals surface area contributed by atoms with Crippen molar-refractivity contribution in [2.45, 2.75) is 45.3 Å². The zero-order chi connectivity index (χ0) is 17.3. The number of Topliss-reactive ketones (excluding diaryl/α,β-unsaturated/α-hetero) is 1. The highest BCUT2D eigenvalue weighted by Gasteiger charge is 2.49. The number of hydrogen-bond acceptors (Lipinski definition) is 5. The Morgan fingerprint density at radius 2 is 2.33 bits per heavy atom. The molecule has 0 aliphatic heterocycles. The summed E-state index contributed by atoms with van der Waals surface area (Å²) in [4.78, 5) is 17.0. The van der Waals surface area contributed by atoms with Gasteiger partial charge in [-0.05, 0) is 31.2 Å². The quantitative estimate of drug-likeness (QED) is 0.735. The first-order chi connectivity index (χ1) is 11.4. The summed E-state index contributed by atoms with van der Waals surface area (Å²) in [6.07, 6.45) is 11.4. The van der Waals surface area contributed by atoms with Crippen molar-refractivity contribution in [3.8, 4) is 0 Å². The summed E-state index contributed by atoms with van der Waals surface area (Å²) in [6, 6.07) is 0. The largest absolute Gasteiger partial charge is 0.472 e. The highest BCUT2D eigenvalue weighted by molar-refractivity contribution is 8.23. The number of rotatable bonds is 3. The molecule has 1 saturated carbocycles. The average molecular weight is 363 g/mol. The molecule has 1 fully saturated rings. The van der Waals surface area contributed by atoms with Gasteiger partial charge in [0.2, 0.25) is 0 Å². The number of carbonyl (C=O) groups excluding carboxylic acids is 1. The minimum Gasteiger partial charge on any atom is -0.472 e. The van der Waals surface area contributed by atoms with Gasteiger partial charge in [0.05, 0.1) is 17.8 Å². The van der Waals surface area contributed by atoms with Gasteiger partial charge in [-0.2, -0.15) is 0 Å². The molecular formula is C18H22N2O2S2. The van der Waals surface area contributed by atoms with Crippen molar-refractivity contribution >= 4 is 34.1 Å². The summed E-state index contributed by atoms with van der Waals surface area (Å²) in [5.74, 6) is 0.629. The molecule has 1 aliphatic carbocycles. The summed E-state index contributed by atoms with van der Waals surface area (Å²) >= 11 is 7.17. The summed E-state index contributed by atoms with van der Waals surface area (Å²) in [5.41, 5.74) is 1.67. The van der Waals surface area contributed by atoms with Crippen molar-refractivity contribution in [1.82, 2.24) is 9.55 Å². The molecule has 0 bridgehead atoms. The zero-order valence-corrected chi connectivity index (χ0v) is 15.8. The number of aryl methyl sites for hydroxylation is 1. The predicted octanol–water partition coefficient (Wildman–Crippen LogP) is 4.79. The number of thioether (sulfide) groups is 1. The van der Waals surface area contributed by atoms with Gasteiger partial charge in [0, 0.05) is 29.8 Å². The molecule has 4 nitrogen and oxygen atoms in total. The number of furan rings is 1. The second-order valence-corrected chi connectivity index (χ2v) is 8.48. The van der Waals surface area contributed by atoms with E-state index in [4.69, 9.17) is 16.6 Å². The van der Waals surface area contributed by atoms with Crippen LogP contribution >= 0.6 is 24.0 Å². The van der Waals surface area contributed by atoms with Crippen molar-refractivity contribution in [2.24, 2.45) is 11.3 Å². The number of hydrogen-bond donors (Lipinski definition) is 0. The number of thiocarbonyl (C=S) groups is 1. The van der Waals surface area contributed by atoms with Gasteiger partial charge in [-0.3, -0.25) is 9.36 Å². The fourth-order valence-electron chi connectivity index (χ4n) is 3.49. The van der Waals surface area contributed by atoms with Crippen LogP contribution in [0, 0.1) is 18.3 Å². The topological polar surface area (TPSA) is 48.0 Å². The summed E-state index contributed by atoms with van der Waals surface area (Å²) in [5, 5.41) is -0.0612. The fourth-order valence-corrected chi connectivity index (χ4v) is 5.30. The monoisotopic (exact) mass is 362 g/mol. The summed E-state index contributed by atoms with van der Waals surface area (Å²) in [7, 11) is 0. The maximum absolute atomic E-state index is 12.9. The first-order valence-electron chi connectivity index (χ1n) is 8.19. The summed E-state index contributed by atoms with van der Waals surface area (Å²) in [6.45, 7) is 6.30. The van der Waals surface area contributed by atoms with E-state index in [9.17, 15) is 4.79 Å². The first kappa shape index (κ1) is 17.4. The molecule has 2 aromatic heterocycles. The third kappa shape index (κ3) is 2.97. The standard InChI is InChI=1S/C18H22N2O2S2/c1-12-9-22-10-14(12)16(24-17(23)20-8-7-19-11-20)18(3)13(2)5-4-6-15(18)21/h7-11,13,16H,4-6H2,1-3H3/t13-,16-,18+/m0/s1. The highest BCUT2D eigenvalue weighted by atomic mass is 32.2. The minimum atomic E-state index is -0.456. The van der Waals surface area contributed by atoms with Crippen LogP contribution in [-0.4, -0.2) is 19.7 Å². The number of nitrogens with zero attached hydrogens (tertiary/aromatic N) is 2. The molecule has 2 aromatic rings. The zero-order valence-electron chi connectivity index (χ0n) is 14.2. The highest BCUT2D eigenvalue weighted by Crippen LogP contribution is 2.54. The van der Waals surface area contributed by atoms with Crippen LogP contribution in [0.2, 0.25) is 0 Å². The molecule has 6 heteroatoms. The van der Waals surface area contributed by atoms with Crippen molar-refractivity contribution in [2.75, 3.05) is 0 Å². The van der Waals surface area contributed by atoms with Gasteiger partial charge in [0.1, 0.15) is 16.4 Å². The van der Waals surface area contributed by atoms with E-state index in [1.807, 2.05) is 17.7 Å². The van der Waals surface area contributed by atoms with Gasteiger partial charge >= 0.3 is 0 Å². The van der Waals surface area contributed by atoms with Crippen molar-refractivity contribution in [1.29, 1.82) is 0 Å².